The van der Waals surface area contributed by atoms with E-state index in [2.05, 4.69) is 34.2 Å². The summed E-state index contributed by atoms with van der Waals surface area (Å²) in [5.41, 5.74) is 4.46. The van der Waals surface area contributed by atoms with Gasteiger partial charge in [-0.2, -0.15) is 0 Å². The van der Waals surface area contributed by atoms with Gasteiger partial charge in [-0.3, -0.25) is 9.36 Å². The molecule has 0 N–H and O–H groups in total. The molecule has 1 amide bonds. The molecule has 0 radical (unpaired) electrons. The summed E-state index contributed by atoms with van der Waals surface area (Å²) in [6.07, 6.45) is 0. The number of aromatic nitrogens is 4. The topological polar surface area (TPSA) is 67.2 Å². The van der Waals surface area contributed by atoms with Crippen LogP contribution >= 0.6 is 34.7 Å². The van der Waals surface area contributed by atoms with Crippen molar-refractivity contribution in [3.8, 4) is 17.1 Å². The molecule has 0 aliphatic carbocycles. The molecular formula is C31H31ClN6OS2. The van der Waals surface area contributed by atoms with E-state index in [0.29, 0.717) is 35.4 Å². The Morgan fingerprint density at radius 3 is 2.44 bits per heavy atom. The van der Waals surface area contributed by atoms with Crippen molar-refractivity contribution in [1.82, 2.24) is 29.5 Å². The molecule has 5 rings (SSSR count). The molecule has 0 atom stereocenters. The number of hydrogen-bond acceptors (Lipinski definition) is 7. The van der Waals surface area contributed by atoms with Gasteiger partial charge in [0.2, 0.25) is 0 Å². The van der Waals surface area contributed by atoms with E-state index in [1.54, 1.807) is 0 Å². The minimum atomic E-state index is -0.0627. The summed E-state index contributed by atoms with van der Waals surface area (Å²) >= 11 is 9.58. The van der Waals surface area contributed by atoms with Gasteiger partial charge in [-0.25, -0.2) is 4.98 Å². The van der Waals surface area contributed by atoms with Crippen LogP contribution in [0.25, 0.3) is 17.1 Å². The summed E-state index contributed by atoms with van der Waals surface area (Å²) in [5, 5.41) is 13.1. The quantitative estimate of drug-likeness (QED) is 0.154. The minimum Gasteiger partial charge on any atom is -0.332 e. The lowest BCUT2D eigenvalue weighted by molar-refractivity contribution is 0.0726. The zero-order valence-electron chi connectivity index (χ0n) is 23.2. The molecular weight excluding hydrogens is 572 g/mol. The van der Waals surface area contributed by atoms with Gasteiger partial charge >= 0.3 is 0 Å². The van der Waals surface area contributed by atoms with Crippen molar-refractivity contribution in [1.29, 1.82) is 0 Å². The number of benzene rings is 3. The Balaban J connectivity index is 1.37. The van der Waals surface area contributed by atoms with E-state index in [1.807, 2.05) is 95.7 Å². The number of aryl methyl sites for hydroxylation is 1. The number of carbonyl (C=O) groups excluding carboxylic acids is 1. The maximum atomic E-state index is 13.5. The van der Waals surface area contributed by atoms with Gasteiger partial charge in [0.05, 0.1) is 16.5 Å². The summed E-state index contributed by atoms with van der Waals surface area (Å²) < 4.78 is 2.05. The van der Waals surface area contributed by atoms with Crippen molar-refractivity contribution in [2.45, 2.75) is 24.4 Å². The van der Waals surface area contributed by atoms with Crippen molar-refractivity contribution in [3.05, 3.63) is 111 Å². The van der Waals surface area contributed by atoms with Gasteiger partial charge in [-0.05, 0) is 50.3 Å². The third-order valence-corrected chi connectivity index (χ3v) is 8.82. The van der Waals surface area contributed by atoms with E-state index in [0.717, 1.165) is 39.1 Å². The first kappa shape index (κ1) is 29.0. The minimum absolute atomic E-state index is 0.0627. The molecule has 0 spiro atoms. The van der Waals surface area contributed by atoms with Crippen LogP contribution in [0.4, 0.5) is 0 Å². The molecule has 0 aliphatic rings. The molecule has 41 heavy (non-hydrogen) atoms. The monoisotopic (exact) mass is 602 g/mol. The number of thiazole rings is 1. The number of carbonyl (C=O) groups is 1. The molecule has 5 aromatic rings. The lowest BCUT2D eigenvalue weighted by Gasteiger charge is -2.24. The fourth-order valence-corrected chi connectivity index (χ4v) is 6.30. The smallest absolute Gasteiger partial charge is 0.273 e. The van der Waals surface area contributed by atoms with Crippen LogP contribution in [0, 0.1) is 6.92 Å². The molecule has 2 aromatic heterocycles. The molecule has 0 aliphatic heterocycles. The van der Waals surface area contributed by atoms with Crippen LogP contribution in [0.5, 0.6) is 0 Å². The number of amides is 1. The van der Waals surface area contributed by atoms with E-state index in [-0.39, 0.29) is 5.91 Å². The molecule has 0 saturated heterocycles. The first-order valence-corrected chi connectivity index (χ1v) is 15.5. The number of nitrogens with zero attached hydrogens (tertiary/aromatic N) is 6. The van der Waals surface area contributed by atoms with E-state index >= 15 is 0 Å². The van der Waals surface area contributed by atoms with Crippen molar-refractivity contribution < 1.29 is 4.79 Å². The van der Waals surface area contributed by atoms with Crippen molar-refractivity contribution in [2.24, 2.45) is 0 Å². The van der Waals surface area contributed by atoms with Crippen LogP contribution in [0.1, 0.15) is 26.6 Å². The number of para-hydroxylation sites is 1. The van der Waals surface area contributed by atoms with E-state index in [4.69, 9.17) is 16.6 Å². The lowest BCUT2D eigenvalue weighted by atomic mass is 10.1. The predicted molar refractivity (Wildman–Crippen MR) is 168 cm³/mol. The summed E-state index contributed by atoms with van der Waals surface area (Å²) in [6.45, 7) is 4.00. The number of rotatable bonds is 11. The van der Waals surface area contributed by atoms with E-state index in [9.17, 15) is 4.79 Å². The van der Waals surface area contributed by atoms with Crippen LogP contribution in [-0.4, -0.2) is 62.6 Å². The molecule has 3 aromatic carbocycles. The zero-order valence-corrected chi connectivity index (χ0v) is 25.6. The standard InChI is InChI=1S/C31H31ClN6OS2/c1-22-11-7-10-16-27(22)38-29(24-14-8-9-15-25(24)32)34-35-31(38)41-21-28-33-26(20-40-28)30(39)37(18-17-36(2)3)19-23-12-5-4-6-13-23/h4-16,20H,17-19,21H2,1-3H3. The average molecular weight is 603 g/mol. The SMILES string of the molecule is Cc1ccccc1-n1c(SCc2nc(C(=O)N(CCN(C)C)Cc3ccccc3)cs2)nnc1-c1ccccc1Cl. The second-order valence-electron chi connectivity index (χ2n) is 9.84. The first-order chi connectivity index (χ1) is 19.9. The Morgan fingerprint density at radius 1 is 0.951 bits per heavy atom. The number of hydrogen-bond donors (Lipinski definition) is 0. The Labute approximate surface area is 253 Å². The summed E-state index contributed by atoms with van der Waals surface area (Å²) in [4.78, 5) is 22.2. The van der Waals surface area contributed by atoms with Crippen LogP contribution < -0.4 is 0 Å². The normalized spacial score (nSPS) is 11.2. The van der Waals surface area contributed by atoms with Gasteiger partial charge in [0.1, 0.15) is 10.7 Å². The van der Waals surface area contributed by atoms with Crippen LogP contribution in [0.15, 0.2) is 89.4 Å². The Kier molecular flexibility index (Phi) is 9.51. The number of thioether (sulfide) groups is 1. The lowest BCUT2D eigenvalue weighted by Crippen LogP contribution is -2.36. The Bertz CT molecular complexity index is 1620. The van der Waals surface area contributed by atoms with Gasteiger partial charge in [-0.15, -0.1) is 21.5 Å². The second-order valence-corrected chi connectivity index (χ2v) is 12.1. The zero-order chi connectivity index (χ0) is 28.8. The van der Waals surface area contributed by atoms with Crippen LogP contribution in [0.3, 0.4) is 0 Å². The van der Waals surface area contributed by atoms with Gasteiger partial charge in [-0.1, -0.05) is 84.0 Å². The van der Waals surface area contributed by atoms with Gasteiger partial charge in [0.15, 0.2) is 11.0 Å². The fourth-order valence-electron chi connectivity index (χ4n) is 4.35. The van der Waals surface area contributed by atoms with Crippen molar-refractivity contribution >= 4 is 40.6 Å². The van der Waals surface area contributed by atoms with Gasteiger partial charge < -0.3 is 9.80 Å². The average Bonchev–Trinajstić information content (AvgIpc) is 3.62. The molecule has 10 heteroatoms. The third kappa shape index (κ3) is 7.05. The predicted octanol–water partition coefficient (Wildman–Crippen LogP) is 6.85. The number of halogens is 1. The van der Waals surface area contributed by atoms with Gasteiger partial charge in [0, 0.05) is 30.6 Å². The second kappa shape index (κ2) is 13.4. The van der Waals surface area contributed by atoms with Crippen molar-refractivity contribution in [3.63, 3.8) is 0 Å². The molecule has 0 unspecified atom stereocenters. The summed E-state index contributed by atoms with van der Waals surface area (Å²) in [5.74, 6) is 1.17. The molecule has 0 saturated carbocycles. The molecule has 2 heterocycles. The summed E-state index contributed by atoms with van der Waals surface area (Å²) in [6, 6.07) is 25.8. The van der Waals surface area contributed by atoms with Gasteiger partial charge in [0.25, 0.3) is 5.91 Å². The number of likely N-dealkylation sites (N-methyl/N-ethyl adjacent to an activating group) is 1. The Hall–Kier alpha value is -3.50. The summed E-state index contributed by atoms with van der Waals surface area (Å²) in [7, 11) is 4.02. The first-order valence-electron chi connectivity index (χ1n) is 13.2. The highest BCUT2D eigenvalue weighted by atomic mass is 35.5. The molecule has 210 valence electrons. The third-order valence-electron chi connectivity index (χ3n) is 6.52. The van der Waals surface area contributed by atoms with E-state index in [1.165, 1.54) is 23.1 Å². The van der Waals surface area contributed by atoms with Crippen LogP contribution in [0.2, 0.25) is 5.02 Å². The molecule has 0 fully saturated rings. The van der Waals surface area contributed by atoms with Crippen LogP contribution in [-0.2, 0) is 12.3 Å². The Morgan fingerprint density at radius 2 is 1.68 bits per heavy atom. The largest absolute Gasteiger partial charge is 0.332 e. The fraction of sp³-hybridized carbons (Fsp3) is 0.226. The maximum Gasteiger partial charge on any atom is 0.273 e. The highest BCUT2D eigenvalue weighted by Gasteiger charge is 2.22. The molecule has 7 nitrogen and oxygen atoms in total. The molecule has 0 bridgehead atoms. The van der Waals surface area contributed by atoms with E-state index < -0.39 is 0 Å². The highest BCUT2D eigenvalue weighted by molar-refractivity contribution is 7.98. The van der Waals surface area contributed by atoms with Crippen molar-refractivity contribution in [2.75, 3.05) is 27.2 Å². The highest BCUT2D eigenvalue weighted by Crippen LogP contribution is 2.34. The maximum absolute atomic E-state index is 13.5.